The van der Waals surface area contributed by atoms with Gasteiger partial charge in [0.05, 0.1) is 11.8 Å². The maximum absolute atomic E-state index is 8.45. The van der Waals surface area contributed by atoms with Gasteiger partial charge in [0.2, 0.25) is 0 Å². The largest absolute Gasteiger partial charge is 0.456 e. The fourth-order valence-electron chi connectivity index (χ4n) is 1.08. The first-order chi connectivity index (χ1) is 6.99. The van der Waals surface area contributed by atoms with Crippen molar-refractivity contribution in [3.8, 4) is 6.07 Å². The number of nitrogens with zero attached hydrogens (tertiary/aromatic N) is 2. The van der Waals surface area contributed by atoms with E-state index in [2.05, 4.69) is 37.8 Å². The molecule has 0 saturated heterocycles. The first kappa shape index (κ1) is 14.2. The average molecular weight is 226 g/mol. The minimum atomic E-state index is -1.55. The standard InChI is InChI=1S/C11H22N2OSi/c1-5-8-11(9-6-7-10-12)13-14-15(2,3)4/h5-9H2,1-4H3/b13-11+. The molecule has 0 fully saturated rings. The van der Waals surface area contributed by atoms with Crippen molar-refractivity contribution >= 4 is 14.0 Å². The monoisotopic (exact) mass is 226 g/mol. The lowest BCUT2D eigenvalue weighted by Gasteiger charge is -2.14. The number of hydrogen-bond donors (Lipinski definition) is 0. The second-order valence-corrected chi connectivity index (χ2v) is 9.03. The van der Waals surface area contributed by atoms with E-state index in [0.717, 1.165) is 31.4 Å². The van der Waals surface area contributed by atoms with Gasteiger partial charge in [-0.2, -0.15) is 5.26 Å². The molecule has 0 radical (unpaired) electrons. The molecule has 3 nitrogen and oxygen atoms in total. The van der Waals surface area contributed by atoms with Gasteiger partial charge in [0.1, 0.15) is 0 Å². The zero-order valence-electron chi connectivity index (χ0n) is 10.3. The van der Waals surface area contributed by atoms with Crippen molar-refractivity contribution in [2.24, 2.45) is 5.16 Å². The van der Waals surface area contributed by atoms with E-state index in [1.807, 2.05) is 0 Å². The molecule has 0 bridgehead atoms. The molecule has 0 aromatic heterocycles. The highest BCUT2D eigenvalue weighted by Crippen LogP contribution is 2.08. The minimum absolute atomic E-state index is 0.607. The molecule has 0 N–H and O–H groups in total. The molecule has 0 amide bonds. The normalized spacial score (nSPS) is 12.3. The highest BCUT2D eigenvalue weighted by molar-refractivity contribution is 6.69. The lowest BCUT2D eigenvalue weighted by Crippen LogP contribution is -2.23. The van der Waals surface area contributed by atoms with Crippen LogP contribution in [0.3, 0.4) is 0 Å². The summed E-state index contributed by atoms with van der Waals surface area (Å²) in [5, 5.41) is 12.7. The molecule has 4 heteroatoms. The predicted molar refractivity (Wildman–Crippen MR) is 66.2 cm³/mol. The summed E-state index contributed by atoms with van der Waals surface area (Å²) in [4.78, 5) is 0. The van der Waals surface area contributed by atoms with Crippen LogP contribution >= 0.6 is 0 Å². The molecule has 0 heterocycles. The van der Waals surface area contributed by atoms with Crippen LogP contribution in [0.5, 0.6) is 0 Å². The van der Waals surface area contributed by atoms with Crippen LogP contribution < -0.4 is 0 Å². The maximum Gasteiger partial charge on any atom is 0.278 e. The highest BCUT2D eigenvalue weighted by Gasteiger charge is 2.16. The molecule has 0 atom stereocenters. The van der Waals surface area contributed by atoms with Crippen LogP contribution in [0.25, 0.3) is 0 Å². The Morgan fingerprint density at radius 3 is 2.47 bits per heavy atom. The minimum Gasteiger partial charge on any atom is -0.456 e. The Kier molecular flexibility index (Phi) is 7.06. The molecule has 0 spiro atoms. The summed E-state index contributed by atoms with van der Waals surface area (Å²) in [7, 11) is -1.55. The number of hydrogen-bond acceptors (Lipinski definition) is 3. The smallest absolute Gasteiger partial charge is 0.278 e. The van der Waals surface area contributed by atoms with Crippen molar-refractivity contribution in [3.05, 3.63) is 0 Å². The van der Waals surface area contributed by atoms with Crippen LogP contribution in [-0.2, 0) is 4.53 Å². The van der Waals surface area contributed by atoms with Crippen molar-refractivity contribution in [1.82, 2.24) is 0 Å². The van der Waals surface area contributed by atoms with E-state index < -0.39 is 8.32 Å². The van der Waals surface area contributed by atoms with Crippen molar-refractivity contribution < 1.29 is 4.53 Å². The Bertz CT molecular complexity index is 238. The summed E-state index contributed by atoms with van der Waals surface area (Å²) < 4.78 is 5.52. The number of oxime groups is 1. The Balaban J connectivity index is 4.07. The first-order valence-electron chi connectivity index (χ1n) is 5.60. The van der Waals surface area contributed by atoms with Gasteiger partial charge < -0.3 is 4.53 Å². The van der Waals surface area contributed by atoms with Gasteiger partial charge in [0, 0.05) is 6.42 Å². The van der Waals surface area contributed by atoms with E-state index in [0.29, 0.717) is 6.42 Å². The fraction of sp³-hybridized carbons (Fsp3) is 0.818. The molecule has 0 rings (SSSR count). The predicted octanol–water partition coefficient (Wildman–Crippen LogP) is 3.69. The van der Waals surface area contributed by atoms with E-state index in [1.54, 1.807) is 0 Å². The molecular weight excluding hydrogens is 204 g/mol. The summed E-state index contributed by atoms with van der Waals surface area (Å²) in [6, 6.07) is 2.15. The van der Waals surface area contributed by atoms with Crippen molar-refractivity contribution in [2.45, 2.75) is 58.7 Å². The number of nitriles is 1. The molecule has 0 unspecified atom stereocenters. The molecule has 0 aliphatic heterocycles. The van der Waals surface area contributed by atoms with E-state index in [1.165, 1.54) is 0 Å². The molecule has 0 saturated carbocycles. The van der Waals surface area contributed by atoms with Gasteiger partial charge >= 0.3 is 0 Å². The van der Waals surface area contributed by atoms with Crippen LogP contribution in [0.4, 0.5) is 0 Å². The van der Waals surface area contributed by atoms with Gasteiger partial charge in [-0.05, 0) is 38.9 Å². The second kappa shape index (κ2) is 7.47. The third-order valence-corrected chi connectivity index (χ3v) is 2.38. The molecule has 86 valence electrons. The molecule has 0 aliphatic carbocycles. The van der Waals surface area contributed by atoms with Gasteiger partial charge in [-0.3, -0.25) is 0 Å². The molecule has 0 aromatic rings. The van der Waals surface area contributed by atoms with Crippen molar-refractivity contribution in [1.29, 1.82) is 5.26 Å². The van der Waals surface area contributed by atoms with Crippen LogP contribution in [0, 0.1) is 11.3 Å². The van der Waals surface area contributed by atoms with Crippen molar-refractivity contribution in [3.63, 3.8) is 0 Å². The van der Waals surface area contributed by atoms with Gasteiger partial charge in [-0.25, -0.2) is 0 Å². The van der Waals surface area contributed by atoms with E-state index in [9.17, 15) is 0 Å². The Labute approximate surface area is 94.2 Å². The Hall–Kier alpha value is -0.823. The molecule has 15 heavy (non-hydrogen) atoms. The summed E-state index contributed by atoms with van der Waals surface area (Å²) >= 11 is 0. The van der Waals surface area contributed by atoms with Gasteiger partial charge in [0.15, 0.2) is 0 Å². The van der Waals surface area contributed by atoms with E-state index in [4.69, 9.17) is 9.79 Å². The number of unbranched alkanes of at least 4 members (excludes halogenated alkanes) is 1. The molecular formula is C11H22N2OSi. The van der Waals surface area contributed by atoms with Gasteiger partial charge in [-0.15, -0.1) is 5.16 Å². The SMILES string of the molecule is CCC/C(CCCC#N)=N\O[Si](C)(C)C. The summed E-state index contributed by atoms with van der Waals surface area (Å²) in [5.41, 5.74) is 1.11. The van der Waals surface area contributed by atoms with E-state index in [-0.39, 0.29) is 0 Å². The Morgan fingerprint density at radius 2 is 2.00 bits per heavy atom. The summed E-state index contributed by atoms with van der Waals surface area (Å²) in [5.74, 6) is 0. The number of rotatable bonds is 7. The second-order valence-electron chi connectivity index (χ2n) is 4.62. The maximum atomic E-state index is 8.45. The zero-order chi connectivity index (χ0) is 11.7. The van der Waals surface area contributed by atoms with E-state index >= 15 is 0 Å². The zero-order valence-corrected chi connectivity index (χ0v) is 11.3. The van der Waals surface area contributed by atoms with Gasteiger partial charge in [0.25, 0.3) is 8.32 Å². The van der Waals surface area contributed by atoms with Crippen LogP contribution in [0.2, 0.25) is 19.6 Å². The van der Waals surface area contributed by atoms with Crippen LogP contribution in [0.1, 0.15) is 39.0 Å². The summed E-state index contributed by atoms with van der Waals surface area (Å²) in [6.45, 7) is 8.49. The fourth-order valence-corrected chi connectivity index (χ4v) is 1.48. The quantitative estimate of drug-likeness (QED) is 0.288. The third-order valence-electron chi connectivity index (χ3n) is 1.74. The van der Waals surface area contributed by atoms with Crippen LogP contribution in [-0.4, -0.2) is 14.0 Å². The third kappa shape index (κ3) is 9.48. The molecule has 0 aliphatic rings. The topological polar surface area (TPSA) is 45.4 Å². The van der Waals surface area contributed by atoms with Crippen LogP contribution in [0.15, 0.2) is 5.16 Å². The lowest BCUT2D eigenvalue weighted by atomic mass is 10.1. The van der Waals surface area contributed by atoms with Gasteiger partial charge in [-0.1, -0.05) is 13.3 Å². The Morgan fingerprint density at radius 1 is 1.33 bits per heavy atom. The lowest BCUT2D eigenvalue weighted by molar-refractivity contribution is 0.332. The summed E-state index contributed by atoms with van der Waals surface area (Å²) in [6.07, 6.45) is 4.46. The van der Waals surface area contributed by atoms with Crippen molar-refractivity contribution in [2.75, 3.05) is 0 Å². The average Bonchev–Trinajstić information content (AvgIpc) is 2.13. The first-order valence-corrected chi connectivity index (χ1v) is 9.01. The highest BCUT2D eigenvalue weighted by atomic mass is 28.4. The molecule has 0 aromatic carbocycles.